The third kappa shape index (κ3) is 3.94. The fourth-order valence-corrected chi connectivity index (χ4v) is 3.21. The van der Waals surface area contributed by atoms with Crippen LogP contribution in [0.5, 0.6) is 11.5 Å². The molecule has 5 heteroatoms. The summed E-state index contributed by atoms with van der Waals surface area (Å²) in [5.41, 5.74) is 7.63. The average Bonchev–Trinajstić information content (AvgIpc) is 3.11. The Morgan fingerprint density at radius 2 is 1.92 bits per heavy atom. The van der Waals surface area contributed by atoms with Gasteiger partial charge < -0.3 is 20.1 Å². The van der Waals surface area contributed by atoms with Crippen LogP contribution in [0.25, 0.3) is 0 Å². The molecule has 0 saturated heterocycles. The second-order valence-corrected chi connectivity index (χ2v) is 6.08. The SMILES string of the molecule is CCN(C(=O)c1ccc2c(c1)OCO2)C(CCN)Cc1ccccc1. The van der Waals surface area contributed by atoms with Gasteiger partial charge >= 0.3 is 0 Å². The molecule has 1 amide bonds. The number of benzene rings is 2. The van der Waals surface area contributed by atoms with Crippen molar-refractivity contribution in [3.8, 4) is 11.5 Å². The summed E-state index contributed by atoms with van der Waals surface area (Å²) in [5, 5.41) is 0. The van der Waals surface area contributed by atoms with E-state index in [9.17, 15) is 4.79 Å². The van der Waals surface area contributed by atoms with E-state index in [-0.39, 0.29) is 18.7 Å². The summed E-state index contributed by atoms with van der Waals surface area (Å²) in [6.45, 7) is 3.38. The molecule has 1 aliphatic rings. The predicted molar refractivity (Wildman–Crippen MR) is 96.9 cm³/mol. The lowest BCUT2D eigenvalue weighted by atomic mass is 10.0. The van der Waals surface area contributed by atoms with Crippen LogP contribution in [0.4, 0.5) is 0 Å². The summed E-state index contributed by atoms with van der Waals surface area (Å²) in [4.78, 5) is 15.0. The van der Waals surface area contributed by atoms with Crippen LogP contribution in [0.15, 0.2) is 48.5 Å². The van der Waals surface area contributed by atoms with Gasteiger partial charge in [0, 0.05) is 18.2 Å². The van der Waals surface area contributed by atoms with E-state index < -0.39 is 0 Å². The fraction of sp³-hybridized carbons (Fsp3) is 0.350. The van der Waals surface area contributed by atoms with Crippen molar-refractivity contribution in [2.75, 3.05) is 19.9 Å². The molecule has 0 saturated carbocycles. The molecule has 0 bridgehead atoms. The number of nitrogens with two attached hydrogens (primary N) is 1. The average molecular weight is 340 g/mol. The van der Waals surface area contributed by atoms with Crippen molar-refractivity contribution in [1.82, 2.24) is 4.90 Å². The van der Waals surface area contributed by atoms with Crippen LogP contribution in [0.3, 0.4) is 0 Å². The maximum absolute atomic E-state index is 13.1. The molecule has 0 aromatic heterocycles. The lowest BCUT2D eigenvalue weighted by molar-refractivity contribution is 0.0681. The second-order valence-electron chi connectivity index (χ2n) is 6.08. The van der Waals surface area contributed by atoms with Gasteiger partial charge in [-0.1, -0.05) is 30.3 Å². The minimum atomic E-state index is -0.00446. The molecule has 0 radical (unpaired) electrons. The number of ether oxygens (including phenoxy) is 2. The van der Waals surface area contributed by atoms with Gasteiger partial charge in [0.15, 0.2) is 11.5 Å². The molecule has 2 aromatic carbocycles. The molecule has 2 N–H and O–H groups in total. The first-order valence-electron chi connectivity index (χ1n) is 8.67. The summed E-state index contributed by atoms with van der Waals surface area (Å²) < 4.78 is 10.7. The van der Waals surface area contributed by atoms with E-state index in [1.807, 2.05) is 30.0 Å². The van der Waals surface area contributed by atoms with E-state index in [0.717, 1.165) is 12.8 Å². The Morgan fingerprint density at radius 3 is 2.64 bits per heavy atom. The van der Waals surface area contributed by atoms with Crippen LogP contribution in [0.2, 0.25) is 0 Å². The van der Waals surface area contributed by atoms with Crippen LogP contribution in [-0.2, 0) is 6.42 Å². The number of likely N-dealkylation sites (N-methyl/N-ethyl adjacent to an activating group) is 1. The van der Waals surface area contributed by atoms with Crippen molar-refractivity contribution in [2.45, 2.75) is 25.8 Å². The molecule has 5 nitrogen and oxygen atoms in total. The van der Waals surface area contributed by atoms with Gasteiger partial charge in [-0.2, -0.15) is 0 Å². The van der Waals surface area contributed by atoms with E-state index in [4.69, 9.17) is 15.2 Å². The third-order valence-corrected chi connectivity index (χ3v) is 4.48. The Labute approximate surface area is 148 Å². The Balaban J connectivity index is 1.81. The molecule has 0 aliphatic carbocycles. The van der Waals surface area contributed by atoms with Crippen LogP contribution >= 0.6 is 0 Å². The van der Waals surface area contributed by atoms with Gasteiger partial charge in [-0.15, -0.1) is 0 Å². The minimum Gasteiger partial charge on any atom is -0.454 e. The first-order valence-corrected chi connectivity index (χ1v) is 8.67. The van der Waals surface area contributed by atoms with E-state index in [0.29, 0.717) is 30.2 Å². The molecule has 0 spiro atoms. The second kappa shape index (κ2) is 8.03. The first-order chi connectivity index (χ1) is 12.2. The Bertz CT molecular complexity index is 718. The van der Waals surface area contributed by atoms with Crippen molar-refractivity contribution in [3.05, 3.63) is 59.7 Å². The number of fused-ring (bicyclic) bond motifs is 1. The number of carbonyl (C=O) groups is 1. The largest absolute Gasteiger partial charge is 0.454 e. The zero-order valence-corrected chi connectivity index (χ0v) is 14.5. The maximum atomic E-state index is 13.1. The molecule has 1 heterocycles. The smallest absolute Gasteiger partial charge is 0.254 e. The van der Waals surface area contributed by atoms with Crippen molar-refractivity contribution in [2.24, 2.45) is 5.73 Å². The molecule has 0 fully saturated rings. The van der Waals surface area contributed by atoms with E-state index in [2.05, 4.69) is 12.1 Å². The monoisotopic (exact) mass is 340 g/mol. The van der Waals surface area contributed by atoms with Crippen molar-refractivity contribution in [1.29, 1.82) is 0 Å². The maximum Gasteiger partial charge on any atom is 0.254 e. The summed E-state index contributed by atoms with van der Waals surface area (Å²) in [6.07, 6.45) is 1.56. The van der Waals surface area contributed by atoms with Crippen molar-refractivity contribution >= 4 is 5.91 Å². The number of hydrogen-bond acceptors (Lipinski definition) is 4. The topological polar surface area (TPSA) is 64.8 Å². The predicted octanol–water partition coefficient (Wildman–Crippen LogP) is 2.84. The molecule has 2 aromatic rings. The quantitative estimate of drug-likeness (QED) is 0.842. The van der Waals surface area contributed by atoms with Gasteiger partial charge in [0.2, 0.25) is 6.79 Å². The molecule has 25 heavy (non-hydrogen) atoms. The zero-order chi connectivity index (χ0) is 17.6. The van der Waals surface area contributed by atoms with E-state index >= 15 is 0 Å². The molecule has 1 aliphatic heterocycles. The number of carbonyl (C=O) groups excluding carboxylic acids is 1. The lowest BCUT2D eigenvalue weighted by Gasteiger charge is -2.31. The lowest BCUT2D eigenvalue weighted by Crippen LogP contribution is -2.42. The van der Waals surface area contributed by atoms with Gasteiger partial charge in [0.25, 0.3) is 5.91 Å². The molecular weight excluding hydrogens is 316 g/mol. The van der Waals surface area contributed by atoms with Crippen molar-refractivity contribution in [3.63, 3.8) is 0 Å². The number of amides is 1. The van der Waals surface area contributed by atoms with E-state index in [1.54, 1.807) is 18.2 Å². The summed E-state index contributed by atoms with van der Waals surface area (Å²) in [6, 6.07) is 15.6. The Kier molecular flexibility index (Phi) is 5.56. The highest BCUT2D eigenvalue weighted by atomic mass is 16.7. The standard InChI is InChI=1S/C20H24N2O3/c1-2-22(17(10-11-21)12-15-6-4-3-5-7-15)20(23)16-8-9-18-19(13-16)25-14-24-18/h3-9,13,17H,2,10-12,14,21H2,1H3. The molecule has 1 atom stereocenters. The van der Waals surface area contributed by atoms with Gasteiger partial charge in [0.05, 0.1) is 0 Å². The highest BCUT2D eigenvalue weighted by Crippen LogP contribution is 2.33. The third-order valence-electron chi connectivity index (χ3n) is 4.48. The highest BCUT2D eigenvalue weighted by molar-refractivity contribution is 5.95. The molecule has 3 rings (SSSR count). The fourth-order valence-electron chi connectivity index (χ4n) is 3.21. The van der Waals surface area contributed by atoms with Gasteiger partial charge in [-0.3, -0.25) is 4.79 Å². The van der Waals surface area contributed by atoms with Gasteiger partial charge in [-0.25, -0.2) is 0 Å². The van der Waals surface area contributed by atoms with Gasteiger partial charge in [-0.05, 0) is 50.1 Å². The molecular formula is C20H24N2O3. The summed E-state index contributed by atoms with van der Waals surface area (Å²) >= 11 is 0. The molecule has 1 unspecified atom stereocenters. The zero-order valence-electron chi connectivity index (χ0n) is 14.5. The highest BCUT2D eigenvalue weighted by Gasteiger charge is 2.25. The Hall–Kier alpha value is -2.53. The normalized spacial score (nSPS) is 13.5. The minimum absolute atomic E-state index is 0.00446. The van der Waals surface area contributed by atoms with Crippen molar-refractivity contribution < 1.29 is 14.3 Å². The van der Waals surface area contributed by atoms with Crippen LogP contribution < -0.4 is 15.2 Å². The Morgan fingerprint density at radius 1 is 1.16 bits per heavy atom. The van der Waals surface area contributed by atoms with Crippen LogP contribution in [0.1, 0.15) is 29.3 Å². The van der Waals surface area contributed by atoms with E-state index in [1.165, 1.54) is 5.56 Å². The van der Waals surface area contributed by atoms with Crippen LogP contribution in [-0.4, -0.2) is 36.7 Å². The van der Waals surface area contributed by atoms with Gasteiger partial charge in [0.1, 0.15) is 0 Å². The first kappa shape index (κ1) is 17.3. The molecule has 132 valence electrons. The number of rotatable bonds is 7. The summed E-state index contributed by atoms with van der Waals surface area (Å²) in [5.74, 6) is 1.30. The number of nitrogens with zero attached hydrogens (tertiary/aromatic N) is 1. The summed E-state index contributed by atoms with van der Waals surface area (Å²) in [7, 11) is 0. The number of hydrogen-bond donors (Lipinski definition) is 1. The van der Waals surface area contributed by atoms with Crippen LogP contribution in [0, 0.1) is 0 Å².